The lowest BCUT2D eigenvalue weighted by Crippen LogP contribution is -2.48. The van der Waals surface area contributed by atoms with Gasteiger partial charge in [-0.1, -0.05) is 26.7 Å². The maximum absolute atomic E-state index is 11.9. The Morgan fingerprint density at radius 3 is 2.64 bits per heavy atom. The average Bonchev–Trinajstić information content (AvgIpc) is 2.51. The average molecular weight is 311 g/mol. The van der Waals surface area contributed by atoms with E-state index in [0.29, 0.717) is 13.1 Å². The lowest BCUT2D eigenvalue weighted by Gasteiger charge is -2.38. The number of rotatable bonds is 5. The number of aliphatic hydroxyl groups is 1. The largest absolute Gasteiger partial charge is 0.392 e. The third-order valence-electron chi connectivity index (χ3n) is 5.52. The van der Waals surface area contributed by atoms with E-state index in [1.165, 1.54) is 12.8 Å². The van der Waals surface area contributed by atoms with Crippen molar-refractivity contribution in [2.24, 2.45) is 11.3 Å². The summed E-state index contributed by atoms with van der Waals surface area (Å²) < 4.78 is 0. The van der Waals surface area contributed by atoms with Crippen molar-refractivity contribution < 1.29 is 9.90 Å². The third kappa shape index (κ3) is 5.13. The Hall–Kier alpha value is -0.810. The van der Waals surface area contributed by atoms with Crippen LogP contribution in [0.4, 0.5) is 4.79 Å². The van der Waals surface area contributed by atoms with Gasteiger partial charge in [-0.15, -0.1) is 0 Å². The topological polar surface area (TPSA) is 64.6 Å². The van der Waals surface area contributed by atoms with E-state index in [-0.39, 0.29) is 17.6 Å². The lowest BCUT2D eigenvalue weighted by atomic mass is 9.73. The van der Waals surface area contributed by atoms with E-state index in [0.717, 1.165) is 51.2 Å². The number of likely N-dealkylation sites (tertiary alicyclic amines) is 1. The van der Waals surface area contributed by atoms with Crippen LogP contribution in [-0.4, -0.2) is 54.9 Å². The number of carbonyl (C=O) groups is 1. The predicted octanol–water partition coefficient (Wildman–Crippen LogP) is 1.96. The molecule has 2 aliphatic rings. The Bertz CT molecular complexity index is 356. The van der Waals surface area contributed by atoms with Crippen LogP contribution in [0.1, 0.15) is 52.4 Å². The summed E-state index contributed by atoms with van der Waals surface area (Å²) in [6, 6.07) is -0.107. The second kappa shape index (κ2) is 8.16. The normalized spacial score (nSPS) is 31.0. The first-order valence-corrected chi connectivity index (χ1v) is 8.92. The Morgan fingerprint density at radius 2 is 1.95 bits per heavy atom. The maximum atomic E-state index is 11.9. The van der Waals surface area contributed by atoms with Crippen LogP contribution in [0.3, 0.4) is 0 Å². The minimum atomic E-state index is -0.295. The fourth-order valence-corrected chi connectivity index (χ4v) is 3.55. The summed E-state index contributed by atoms with van der Waals surface area (Å²) in [6.45, 7) is 8.86. The van der Waals surface area contributed by atoms with Gasteiger partial charge in [0.25, 0.3) is 0 Å². The van der Waals surface area contributed by atoms with Gasteiger partial charge in [-0.2, -0.15) is 0 Å². The predicted molar refractivity (Wildman–Crippen MR) is 88.8 cm³/mol. The first-order valence-electron chi connectivity index (χ1n) is 8.92. The summed E-state index contributed by atoms with van der Waals surface area (Å²) in [6.07, 6.45) is 6.32. The maximum Gasteiger partial charge on any atom is 0.314 e. The zero-order valence-corrected chi connectivity index (χ0v) is 14.2. The molecule has 2 fully saturated rings. The standard InChI is InChI=1S/C17H33N3O2/c1-14-6-10-20(11-7-14)12-9-18-16(22)19-13-17(2)8-4-3-5-15(17)21/h14-15,21H,3-13H2,1-2H3,(H2,18,19,22). The molecule has 0 aromatic rings. The van der Waals surface area contributed by atoms with Crippen molar-refractivity contribution in [1.29, 1.82) is 0 Å². The molecule has 0 aromatic carbocycles. The Balaban J connectivity index is 1.59. The zero-order chi connectivity index (χ0) is 16.0. The van der Waals surface area contributed by atoms with Crippen LogP contribution in [0.5, 0.6) is 0 Å². The Labute approximate surface area is 134 Å². The second-order valence-corrected chi connectivity index (χ2v) is 7.55. The SMILES string of the molecule is CC1CCN(CCNC(=O)NCC2(C)CCCCC2O)CC1. The van der Waals surface area contributed by atoms with E-state index >= 15 is 0 Å². The Morgan fingerprint density at radius 1 is 1.23 bits per heavy atom. The van der Waals surface area contributed by atoms with Gasteiger partial charge >= 0.3 is 6.03 Å². The van der Waals surface area contributed by atoms with Gasteiger partial charge in [0.05, 0.1) is 6.10 Å². The molecule has 1 saturated carbocycles. The van der Waals surface area contributed by atoms with Crippen molar-refractivity contribution in [3.8, 4) is 0 Å². The molecule has 2 rings (SSSR count). The zero-order valence-electron chi connectivity index (χ0n) is 14.2. The quantitative estimate of drug-likeness (QED) is 0.727. The first kappa shape index (κ1) is 17.5. The monoisotopic (exact) mass is 311 g/mol. The molecule has 1 aliphatic carbocycles. The highest BCUT2D eigenvalue weighted by atomic mass is 16.3. The number of aliphatic hydroxyl groups excluding tert-OH is 1. The summed E-state index contributed by atoms with van der Waals surface area (Å²) in [7, 11) is 0. The summed E-state index contributed by atoms with van der Waals surface area (Å²) in [5, 5.41) is 16.0. The van der Waals surface area contributed by atoms with Gasteiger partial charge in [-0.05, 0) is 44.7 Å². The molecule has 1 saturated heterocycles. The number of amides is 2. The molecule has 3 N–H and O–H groups in total. The highest BCUT2D eigenvalue weighted by molar-refractivity contribution is 5.73. The van der Waals surface area contributed by atoms with E-state index in [1.807, 2.05) is 0 Å². The minimum Gasteiger partial charge on any atom is -0.392 e. The fourth-order valence-electron chi connectivity index (χ4n) is 3.55. The van der Waals surface area contributed by atoms with Crippen molar-refractivity contribution in [2.45, 2.75) is 58.5 Å². The summed E-state index contributed by atoms with van der Waals surface area (Å²) in [5.41, 5.74) is -0.168. The fraction of sp³-hybridized carbons (Fsp3) is 0.941. The van der Waals surface area contributed by atoms with Gasteiger partial charge in [0.2, 0.25) is 0 Å². The van der Waals surface area contributed by atoms with E-state index in [1.54, 1.807) is 0 Å². The van der Waals surface area contributed by atoms with E-state index in [9.17, 15) is 9.90 Å². The van der Waals surface area contributed by atoms with E-state index < -0.39 is 0 Å². The van der Waals surface area contributed by atoms with Crippen LogP contribution >= 0.6 is 0 Å². The van der Waals surface area contributed by atoms with Crippen molar-refractivity contribution in [3.63, 3.8) is 0 Å². The van der Waals surface area contributed by atoms with Crippen LogP contribution in [0.25, 0.3) is 0 Å². The van der Waals surface area contributed by atoms with E-state index in [2.05, 4.69) is 29.4 Å². The van der Waals surface area contributed by atoms with Crippen molar-refractivity contribution in [2.75, 3.05) is 32.7 Å². The van der Waals surface area contributed by atoms with Gasteiger partial charge in [0.15, 0.2) is 0 Å². The van der Waals surface area contributed by atoms with Gasteiger partial charge < -0.3 is 20.6 Å². The Kier molecular flexibility index (Phi) is 6.50. The van der Waals surface area contributed by atoms with Crippen LogP contribution < -0.4 is 10.6 Å². The van der Waals surface area contributed by atoms with Crippen LogP contribution in [0.15, 0.2) is 0 Å². The van der Waals surface area contributed by atoms with Gasteiger partial charge in [-0.25, -0.2) is 4.79 Å². The smallest absolute Gasteiger partial charge is 0.314 e. The van der Waals surface area contributed by atoms with Crippen molar-refractivity contribution in [3.05, 3.63) is 0 Å². The number of nitrogens with zero attached hydrogens (tertiary/aromatic N) is 1. The molecule has 1 aliphatic heterocycles. The molecule has 128 valence electrons. The second-order valence-electron chi connectivity index (χ2n) is 7.55. The third-order valence-corrected chi connectivity index (χ3v) is 5.52. The lowest BCUT2D eigenvalue weighted by molar-refractivity contribution is 0.00308. The molecule has 0 bridgehead atoms. The molecule has 2 unspecified atom stereocenters. The highest BCUT2D eigenvalue weighted by Crippen LogP contribution is 2.35. The molecule has 5 nitrogen and oxygen atoms in total. The number of piperidine rings is 1. The van der Waals surface area contributed by atoms with Crippen LogP contribution in [-0.2, 0) is 0 Å². The van der Waals surface area contributed by atoms with E-state index in [4.69, 9.17) is 0 Å². The number of hydrogen-bond donors (Lipinski definition) is 3. The van der Waals surface area contributed by atoms with Crippen LogP contribution in [0, 0.1) is 11.3 Å². The molecular weight excluding hydrogens is 278 g/mol. The number of urea groups is 1. The number of carbonyl (C=O) groups excluding carboxylic acids is 1. The highest BCUT2D eigenvalue weighted by Gasteiger charge is 2.35. The first-order chi connectivity index (χ1) is 10.5. The van der Waals surface area contributed by atoms with Gasteiger partial charge in [-0.3, -0.25) is 0 Å². The molecule has 0 radical (unpaired) electrons. The summed E-state index contributed by atoms with van der Waals surface area (Å²) in [5.74, 6) is 0.843. The molecule has 0 spiro atoms. The number of nitrogens with one attached hydrogen (secondary N) is 2. The molecule has 5 heteroatoms. The summed E-state index contributed by atoms with van der Waals surface area (Å²) >= 11 is 0. The van der Waals surface area contributed by atoms with Crippen LogP contribution in [0.2, 0.25) is 0 Å². The molecule has 0 aromatic heterocycles. The molecular formula is C17H33N3O2. The number of hydrogen-bond acceptors (Lipinski definition) is 3. The van der Waals surface area contributed by atoms with Gasteiger partial charge in [0.1, 0.15) is 0 Å². The molecule has 22 heavy (non-hydrogen) atoms. The van der Waals surface area contributed by atoms with Gasteiger partial charge in [0, 0.05) is 25.0 Å². The summed E-state index contributed by atoms with van der Waals surface area (Å²) in [4.78, 5) is 14.3. The molecule has 2 atom stereocenters. The molecule has 1 heterocycles. The van der Waals surface area contributed by atoms with Crippen molar-refractivity contribution >= 4 is 6.03 Å². The van der Waals surface area contributed by atoms with Crippen molar-refractivity contribution in [1.82, 2.24) is 15.5 Å². The molecule has 2 amide bonds. The minimum absolute atomic E-state index is 0.107.